The second-order valence-electron chi connectivity index (χ2n) is 6.38. The van der Waals surface area contributed by atoms with Crippen LogP contribution in [0.4, 0.5) is 26.4 Å². The van der Waals surface area contributed by atoms with Crippen LogP contribution in [0.15, 0.2) is 24.4 Å². The summed E-state index contributed by atoms with van der Waals surface area (Å²) < 4.78 is 27.5. The third-order valence-electron chi connectivity index (χ3n) is 4.47. The topological polar surface area (TPSA) is 98.7 Å². The van der Waals surface area contributed by atoms with Gasteiger partial charge in [0.2, 0.25) is 11.9 Å². The van der Waals surface area contributed by atoms with Crippen LogP contribution in [0, 0.1) is 11.6 Å². The summed E-state index contributed by atoms with van der Waals surface area (Å²) in [7, 11) is 0. The fourth-order valence-corrected chi connectivity index (χ4v) is 3.08. The third-order valence-corrected chi connectivity index (χ3v) is 4.47. The van der Waals surface area contributed by atoms with Crippen LogP contribution in [-0.2, 0) is 0 Å². The van der Waals surface area contributed by atoms with Gasteiger partial charge >= 0.3 is 0 Å². The molecule has 1 aliphatic carbocycles. The number of H-pyrrole nitrogens is 1. The Morgan fingerprint density at radius 2 is 1.81 bits per heavy atom. The summed E-state index contributed by atoms with van der Waals surface area (Å²) in [4.78, 5) is 15.7. The van der Waals surface area contributed by atoms with Crippen LogP contribution in [0.25, 0.3) is 11.2 Å². The molecule has 0 amide bonds. The fraction of sp³-hybridized carbons (Fsp3) is 0.353. The molecule has 0 saturated heterocycles. The first-order valence-electron chi connectivity index (χ1n) is 8.47. The highest BCUT2D eigenvalue weighted by Gasteiger charge is 2.20. The first-order valence-corrected chi connectivity index (χ1v) is 8.47. The van der Waals surface area contributed by atoms with Gasteiger partial charge in [-0.3, -0.25) is 0 Å². The number of nitrogens with one attached hydrogen (secondary N) is 3. The second kappa shape index (κ2) is 6.83. The Morgan fingerprint density at radius 1 is 1.08 bits per heavy atom. The Balaban J connectivity index is 1.52. The summed E-state index contributed by atoms with van der Waals surface area (Å²) in [6.07, 6.45) is 4.53. The van der Waals surface area contributed by atoms with Crippen LogP contribution in [0.3, 0.4) is 0 Å². The summed E-state index contributed by atoms with van der Waals surface area (Å²) in [6, 6.07) is 3.83. The van der Waals surface area contributed by atoms with Crippen LogP contribution < -0.4 is 10.6 Å². The van der Waals surface area contributed by atoms with Gasteiger partial charge in [0.1, 0.15) is 22.8 Å². The van der Waals surface area contributed by atoms with E-state index in [0.717, 1.165) is 37.8 Å². The molecule has 1 saturated carbocycles. The van der Waals surface area contributed by atoms with Crippen LogP contribution in [0.5, 0.6) is 0 Å². The number of fused-ring (bicyclic) bond motifs is 1. The van der Waals surface area contributed by atoms with Crippen molar-refractivity contribution in [1.29, 1.82) is 0 Å². The molecule has 4 rings (SSSR count). The molecule has 9 heteroatoms. The molecule has 3 aromatic rings. The van der Waals surface area contributed by atoms with E-state index in [1.807, 2.05) is 0 Å². The zero-order valence-electron chi connectivity index (χ0n) is 13.8. The number of nitrogens with zero attached hydrogens (tertiary/aromatic N) is 3. The van der Waals surface area contributed by atoms with Crippen molar-refractivity contribution in [3.8, 4) is 0 Å². The van der Waals surface area contributed by atoms with Crippen LogP contribution in [0.2, 0.25) is 0 Å². The Kier molecular flexibility index (Phi) is 4.37. The van der Waals surface area contributed by atoms with E-state index in [2.05, 4.69) is 30.6 Å². The van der Waals surface area contributed by atoms with E-state index in [0.29, 0.717) is 17.1 Å². The number of hydrogen-bond acceptors (Lipinski definition) is 6. The Bertz CT molecular complexity index is 903. The Hall–Kier alpha value is -2.81. The minimum atomic E-state index is -0.710. The lowest BCUT2D eigenvalue weighted by Crippen LogP contribution is -2.28. The number of halogens is 2. The molecule has 0 radical (unpaired) electrons. The molecular formula is C17H18F2N6O. The zero-order valence-corrected chi connectivity index (χ0v) is 13.8. The normalized spacial score (nSPS) is 20.3. The summed E-state index contributed by atoms with van der Waals surface area (Å²) in [5.74, 6) is -0.792. The van der Waals surface area contributed by atoms with Gasteiger partial charge in [-0.2, -0.15) is 4.98 Å². The number of aromatic amines is 1. The van der Waals surface area contributed by atoms with Gasteiger partial charge in [0.15, 0.2) is 5.65 Å². The van der Waals surface area contributed by atoms with Gasteiger partial charge < -0.3 is 20.7 Å². The third kappa shape index (κ3) is 3.43. The fourth-order valence-electron chi connectivity index (χ4n) is 3.08. The number of imidazole rings is 1. The van der Waals surface area contributed by atoms with Gasteiger partial charge in [-0.1, -0.05) is 6.07 Å². The van der Waals surface area contributed by atoms with Crippen molar-refractivity contribution in [2.24, 2.45) is 0 Å². The smallest absolute Gasteiger partial charge is 0.224 e. The predicted molar refractivity (Wildman–Crippen MR) is 93.2 cm³/mol. The van der Waals surface area contributed by atoms with Crippen molar-refractivity contribution in [3.05, 3.63) is 36.0 Å². The van der Waals surface area contributed by atoms with Gasteiger partial charge in [0, 0.05) is 6.04 Å². The lowest BCUT2D eigenvalue weighted by Gasteiger charge is -2.25. The number of para-hydroxylation sites is 1. The zero-order chi connectivity index (χ0) is 18.1. The lowest BCUT2D eigenvalue weighted by molar-refractivity contribution is 0.126. The highest BCUT2D eigenvalue weighted by molar-refractivity contribution is 5.75. The predicted octanol–water partition coefficient (Wildman–Crippen LogP) is 3.09. The SMILES string of the molecule is O[C@H]1CC[C@H](Nc2ncc3nc(Nc4c(F)cccc4F)[nH]c3n2)CC1. The Morgan fingerprint density at radius 3 is 2.54 bits per heavy atom. The van der Waals surface area contributed by atoms with Gasteiger partial charge in [-0.15, -0.1) is 0 Å². The molecule has 136 valence electrons. The maximum Gasteiger partial charge on any atom is 0.224 e. The molecule has 0 aliphatic heterocycles. The van der Waals surface area contributed by atoms with E-state index in [4.69, 9.17) is 0 Å². The van der Waals surface area contributed by atoms with Crippen LogP contribution >= 0.6 is 0 Å². The monoisotopic (exact) mass is 360 g/mol. The molecule has 0 atom stereocenters. The van der Waals surface area contributed by atoms with Gasteiger partial charge in [0.25, 0.3) is 0 Å². The molecule has 7 nitrogen and oxygen atoms in total. The first kappa shape index (κ1) is 16.6. The Labute approximate surface area is 147 Å². The minimum Gasteiger partial charge on any atom is -0.393 e. The van der Waals surface area contributed by atoms with Crippen LogP contribution in [0.1, 0.15) is 25.7 Å². The summed E-state index contributed by atoms with van der Waals surface area (Å²) in [5.41, 5.74) is 0.657. The van der Waals surface area contributed by atoms with E-state index >= 15 is 0 Å². The number of anilines is 3. The van der Waals surface area contributed by atoms with Gasteiger partial charge in [0.05, 0.1) is 12.3 Å². The lowest BCUT2D eigenvalue weighted by atomic mass is 9.93. The quantitative estimate of drug-likeness (QED) is 0.571. The number of aliphatic hydroxyl groups is 1. The van der Waals surface area contributed by atoms with Crippen molar-refractivity contribution >= 4 is 28.7 Å². The van der Waals surface area contributed by atoms with Crippen molar-refractivity contribution in [3.63, 3.8) is 0 Å². The van der Waals surface area contributed by atoms with Crippen molar-refractivity contribution in [1.82, 2.24) is 19.9 Å². The van der Waals surface area contributed by atoms with E-state index in [9.17, 15) is 13.9 Å². The highest BCUT2D eigenvalue weighted by atomic mass is 19.1. The largest absolute Gasteiger partial charge is 0.393 e. The maximum atomic E-state index is 13.7. The average molecular weight is 360 g/mol. The van der Waals surface area contributed by atoms with E-state index in [-0.39, 0.29) is 23.8 Å². The highest BCUT2D eigenvalue weighted by Crippen LogP contribution is 2.24. The summed E-state index contributed by atoms with van der Waals surface area (Å²) in [5, 5.41) is 15.4. The van der Waals surface area contributed by atoms with E-state index in [1.165, 1.54) is 6.07 Å². The maximum absolute atomic E-state index is 13.7. The van der Waals surface area contributed by atoms with Crippen molar-refractivity contribution in [2.75, 3.05) is 10.6 Å². The number of hydrogen-bond donors (Lipinski definition) is 4. The standard InChI is InChI=1S/C17H18F2N6O/c18-11-2-1-3-12(19)14(11)23-17-22-13-8-20-16(24-15(13)25-17)21-9-4-6-10(26)7-5-9/h1-3,8-10,26H,4-7H2,(H3,20,21,22,23,24,25)/t9-,10-. The molecule has 4 N–H and O–H groups in total. The molecule has 2 aromatic heterocycles. The molecule has 1 aromatic carbocycles. The molecular weight excluding hydrogens is 342 g/mol. The molecule has 0 unspecified atom stereocenters. The summed E-state index contributed by atoms with van der Waals surface area (Å²) >= 11 is 0. The molecule has 0 spiro atoms. The van der Waals surface area contributed by atoms with Gasteiger partial charge in [-0.05, 0) is 37.8 Å². The van der Waals surface area contributed by atoms with E-state index < -0.39 is 11.6 Å². The first-order chi connectivity index (χ1) is 12.6. The second-order valence-corrected chi connectivity index (χ2v) is 6.38. The summed E-state index contributed by atoms with van der Waals surface area (Å²) in [6.45, 7) is 0. The number of aliphatic hydroxyl groups excluding tert-OH is 1. The van der Waals surface area contributed by atoms with E-state index in [1.54, 1.807) is 6.20 Å². The van der Waals surface area contributed by atoms with Crippen molar-refractivity contribution in [2.45, 2.75) is 37.8 Å². The van der Waals surface area contributed by atoms with Crippen LogP contribution in [-0.4, -0.2) is 37.2 Å². The molecule has 1 fully saturated rings. The number of benzene rings is 1. The molecule has 1 aliphatic rings. The minimum absolute atomic E-state index is 0.177. The number of aromatic nitrogens is 4. The molecule has 0 bridgehead atoms. The van der Waals surface area contributed by atoms with Crippen molar-refractivity contribution < 1.29 is 13.9 Å². The van der Waals surface area contributed by atoms with Gasteiger partial charge in [-0.25, -0.2) is 18.7 Å². The average Bonchev–Trinajstić information content (AvgIpc) is 3.02. The molecule has 2 heterocycles. The number of rotatable bonds is 4. The molecule has 26 heavy (non-hydrogen) atoms.